The van der Waals surface area contributed by atoms with E-state index < -0.39 is 0 Å². The van der Waals surface area contributed by atoms with Crippen LogP contribution in [0.15, 0.2) is 60.7 Å². The van der Waals surface area contributed by atoms with E-state index in [0.29, 0.717) is 0 Å². The summed E-state index contributed by atoms with van der Waals surface area (Å²) >= 11 is 0. The number of nitrogens with zero attached hydrogens (tertiary/aromatic N) is 3. The van der Waals surface area contributed by atoms with E-state index >= 15 is 0 Å². The molecule has 0 amide bonds. The van der Waals surface area contributed by atoms with Crippen molar-refractivity contribution in [3.63, 3.8) is 0 Å². The van der Waals surface area contributed by atoms with E-state index in [9.17, 15) is 4.39 Å². The number of benzene rings is 3. The Kier molecular flexibility index (Phi) is 2.12. The number of halogens is 1. The highest BCUT2D eigenvalue weighted by Crippen LogP contribution is 2.36. The summed E-state index contributed by atoms with van der Waals surface area (Å²) in [6.45, 7) is 0. The molecule has 2 heterocycles. The minimum Gasteiger partial charge on any atom is -0.212 e. The van der Waals surface area contributed by atoms with E-state index in [-0.39, 0.29) is 5.82 Å². The largest absolute Gasteiger partial charge is 0.212 e. The van der Waals surface area contributed by atoms with Gasteiger partial charge in [-0.15, -0.1) is 5.10 Å². The third kappa shape index (κ3) is 1.39. The fourth-order valence-electron chi connectivity index (χ4n) is 3.19. The molecule has 0 saturated carbocycles. The fourth-order valence-corrected chi connectivity index (χ4v) is 3.19. The molecule has 4 heteroatoms. The molecule has 0 aliphatic carbocycles. The molecule has 0 bridgehead atoms. The molecule has 0 saturated heterocycles. The lowest BCUT2D eigenvalue weighted by molar-refractivity contribution is 0.628. The second kappa shape index (κ2) is 4.01. The van der Waals surface area contributed by atoms with Gasteiger partial charge in [-0.05, 0) is 35.7 Å². The van der Waals surface area contributed by atoms with Crippen LogP contribution in [-0.2, 0) is 0 Å². The van der Waals surface area contributed by atoms with Crippen molar-refractivity contribution >= 4 is 27.2 Å². The zero-order valence-electron chi connectivity index (χ0n) is 11.5. The molecule has 0 aliphatic rings. The molecule has 5 aromatic rings. The summed E-state index contributed by atoms with van der Waals surface area (Å²) in [7, 11) is 0. The third-order valence-corrected chi connectivity index (χ3v) is 4.15. The maximum absolute atomic E-state index is 13.2. The van der Waals surface area contributed by atoms with Crippen molar-refractivity contribution in [2.75, 3.05) is 0 Å². The van der Waals surface area contributed by atoms with E-state index in [4.69, 9.17) is 0 Å². The van der Waals surface area contributed by atoms with E-state index in [2.05, 4.69) is 28.5 Å². The van der Waals surface area contributed by atoms with Gasteiger partial charge in [0.25, 0.3) is 0 Å². The normalized spacial score (nSPS) is 11.9. The van der Waals surface area contributed by atoms with Crippen LogP contribution in [0.1, 0.15) is 0 Å². The Bertz CT molecular complexity index is 1120. The zero-order valence-corrected chi connectivity index (χ0v) is 11.5. The predicted molar refractivity (Wildman–Crippen MR) is 84.6 cm³/mol. The molecule has 3 aromatic carbocycles. The minimum absolute atomic E-state index is 0.252. The average Bonchev–Trinajstić information content (AvgIpc) is 3.11. The fraction of sp³-hybridized carbons (Fsp3) is 0. The molecular formula is C18H10FN3. The van der Waals surface area contributed by atoms with Crippen molar-refractivity contribution in [3.05, 3.63) is 66.5 Å². The summed E-state index contributed by atoms with van der Waals surface area (Å²) in [4.78, 5) is 0. The molecule has 104 valence electrons. The number of fused-ring (bicyclic) bond motifs is 3. The van der Waals surface area contributed by atoms with Gasteiger partial charge in [0.2, 0.25) is 0 Å². The molecule has 0 spiro atoms. The van der Waals surface area contributed by atoms with Gasteiger partial charge in [0, 0.05) is 16.3 Å². The van der Waals surface area contributed by atoms with Crippen molar-refractivity contribution in [2.24, 2.45) is 0 Å². The predicted octanol–water partition coefficient (Wildman–Crippen LogP) is 4.28. The van der Waals surface area contributed by atoms with Gasteiger partial charge in [0.15, 0.2) is 0 Å². The van der Waals surface area contributed by atoms with Gasteiger partial charge in [-0.3, -0.25) is 0 Å². The molecule has 0 aliphatic heterocycles. The first-order valence-electron chi connectivity index (χ1n) is 7.07. The van der Waals surface area contributed by atoms with Crippen LogP contribution in [0.4, 0.5) is 4.39 Å². The number of aromatic nitrogens is 3. The average molecular weight is 287 g/mol. The van der Waals surface area contributed by atoms with Crippen molar-refractivity contribution in [3.8, 4) is 11.3 Å². The van der Waals surface area contributed by atoms with Crippen LogP contribution >= 0.6 is 0 Å². The first-order valence-corrected chi connectivity index (χ1v) is 7.07. The smallest absolute Gasteiger partial charge is 0.123 e. The third-order valence-electron chi connectivity index (χ3n) is 4.15. The Hall–Kier alpha value is -3.01. The summed E-state index contributed by atoms with van der Waals surface area (Å²) in [5.74, 6) is -0.252. The van der Waals surface area contributed by atoms with Crippen LogP contribution in [-0.4, -0.2) is 14.8 Å². The molecular weight excluding hydrogens is 277 g/mol. The van der Waals surface area contributed by atoms with Gasteiger partial charge >= 0.3 is 0 Å². The molecule has 0 radical (unpaired) electrons. The van der Waals surface area contributed by atoms with Gasteiger partial charge in [0.1, 0.15) is 17.0 Å². The van der Waals surface area contributed by atoms with Gasteiger partial charge in [-0.25, -0.2) is 8.91 Å². The highest BCUT2D eigenvalue weighted by atomic mass is 19.1. The van der Waals surface area contributed by atoms with E-state index in [0.717, 1.165) is 27.7 Å². The zero-order chi connectivity index (χ0) is 14.7. The molecule has 0 unspecified atom stereocenters. The maximum Gasteiger partial charge on any atom is 0.123 e. The molecule has 0 N–H and O–H groups in total. The van der Waals surface area contributed by atoms with Gasteiger partial charge < -0.3 is 0 Å². The Balaban J connectivity index is 1.97. The number of hydrogen-bond donors (Lipinski definition) is 0. The van der Waals surface area contributed by atoms with Gasteiger partial charge in [-0.2, -0.15) is 0 Å². The quantitative estimate of drug-likeness (QED) is 0.460. The standard InChI is InChI=1S/C18H10FN3/c19-13-9-7-12(8-10-13)17-18-14-5-1-3-11-4-2-6-15(16(11)14)22(18)21-20-17/h1-10H. The van der Waals surface area contributed by atoms with E-state index in [1.54, 1.807) is 12.1 Å². The van der Waals surface area contributed by atoms with Crippen molar-refractivity contribution < 1.29 is 4.39 Å². The highest BCUT2D eigenvalue weighted by Gasteiger charge is 2.18. The van der Waals surface area contributed by atoms with E-state index in [1.165, 1.54) is 22.9 Å². The lowest BCUT2D eigenvalue weighted by Gasteiger charge is -1.98. The topological polar surface area (TPSA) is 30.2 Å². The Morgan fingerprint density at radius 2 is 1.64 bits per heavy atom. The molecule has 2 aromatic heterocycles. The summed E-state index contributed by atoms with van der Waals surface area (Å²) in [5, 5.41) is 12.1. The van der Waals surface area contributed by atoms with Crippen LogP contribution in [0.3, 0.4) is 0 Å². The SMILES string of the molecule is Fc1ccc(-c2nnn3c4cccc5cccc(c54)c23)cc1. The Morgan fingerprint density at radius 1 is 0.864 bits per heavy atom. The lowest BCUT2D eigenvalue weighted by atomic mass is 10.1. The van der Waals surface area contributed by atoms with Crippen LogP contribution in [0.25, 0.3) is 38.4 Å². The summed E-state index contributed by atoms with van der Waals surface area (Å²) < 4.78 is 15.0. The minimum atomic E-state index is -0.252. The summed E-state index contributed by atoms with van der Waals surface area (Å²) in [6.07, 6.45) is 0. The Labute approximate surface area is 124 Å². The molecule has 3 nitrogen and oxygen atoms in total. The van der Waals surface area contributed by atoms with Crippen molar-refractivity contribution in [1.29, 1.82) is 0 Å². The van der Waals surface area contributed by atoms with Gasteiger partial charge in [-0.1, -0.05) is 35.5 Å². The lowest BCUT2D eigenvalue weighted by Crippen LogP contribution is -1.82. The van der Waals surface area contributed by atoms with Crippen LogP contribution in [0, 0.1) is 5.82 Å². The van der Waals surface area contributed by atoms with E-state index in [1.807, 2.05) is 22.7 Å². The highest BCUT2D eigenvalue weighted by molar-refractivity contribution is 6.18. The summed E-state index contributed by atoms with van der Waals surface area (Å²) in [5.41, 5.74) is 3.67. The number of hydrogen-bond acceptors (Lipinski definition) is 2. The second-order valence-electron chi connectivity index (χ2n) is 5.39. The van der Waals surface area contributed by atoms with Crippen molar-refractivity contribution in [1.82, 2.24) is 14.8 Å². The monoisotopic (exact) mass is 287 g/mol. The summed E-state index contributed by atoms with van der Waals surface area (Å²) in [6, 6.07) is 18.8. The molecule has 5 rings (SSSR count). The first kappa shape index (κ1) is 11.6. The number of rotatable bonds is 1. The maximum atomic E-state index is 13.2. The van der Waals surface area contributed by atoms with Crippen LogP contribution < -0.4 is 0 Å². The van der Waals surface area contributed by atoms with Crippen molar-refractivity contribution in [2.45, 2.75) is 0 Å². The van der Waals surface area contributed by atoms with Crippen LogP contribution in [0.5, 0.6) is 0 Å². The molecule has 0 atom stereocenters. The van der Waals surface area contributed by atoms with Gasteiger partial charge in [0.05, 0.1) is 5.52 Å². The first-order chi connectivity index (χ1) is 10.8. The second-order valence-corrected chi connectivity index (χ2v) is 5.39. The molecule has 0 fully saturated rings. The van der Waals surface area contributed by atoms with Crippen LogP contribution in [0.2, 0.25) is 0 Å². The molecule has 22 heavy (non-hydrogen) atoms. The Morgan fingerprint density at radius 3 is 2.45 bits per heavy atom.